The van der Waals surface area contributed by atoms with Crippen LogP contribution in [0.1, 0.15) is 52.2 Å². The summed E-state index contributed by atoms with van der Waals surface area (Å²) < 4.78 is 12.2. The van der Waals surface area contributed by atoms with Gasteiger partial charge in [-0.2, -0.15) is 0 Å². The van der Waals surface area contributed by atoms with Gasteiger partial charge in [0.1, 0.15) is 10.6 Å². The van der Waals surface area contributed by atoms with Crippen molar-refractivity contribution in [2.45, 2.75) is 44.5 Å². The highest BCUT2D eigenvalue weighted by molar-refractivity contribution is 7.18. The van der Waals surface area contributed by atoms with E-state index in [1.165, 1.54) is 6.21 Å². The van der Waals surface area contributed by atoms with Crippen LogP contribution in [0.3, 0.4) is 0 Å². The summed E-state index contributed by atoms with van der Waals surface area (Å²) in [5, 5.41) is 14.8. The maximum atomic E-state index is 12.1. The number of carbonyl (C=O) groups excluding carboxylic acids is 1. The average molecular weight is 532 g/mol. The van der Waals surface area contributed by atoms with Crippen molar-refractivity contribution in [2.75, 3.05) is 6.61 Å². The first-order chi connectivity index (χ1) is 16.9. The highest BCUT2D eigenvalue weighted by atomic mass is 35.5. The minimum atomic E-state index is -0.567. The molecule has 9 heteroatoms. The van der Waals surface area contributed by atoms with Crippen molar-refractivity contribution in [2.24, 2.45) is 5.11 Å². The van der Waals surface area contributed by atoms with Crippen LogP contribution in [-0.2, 0) is 11.2 Å². The monoisotopic (exact) mass is 531 g/mol. The number of carbonyl (C=O) groups is 1. The maximum absolute atomic E-state index is 12.1. The lowest BCUT2D eigenvalue weighted by atomic mass is 9.94. The zero-order valence-corrected chi connectivity index (χ0v) is 21.4. The van der Waals surface area contributed by atoms with E-state index in [-0.39, 0.29) is 6.10 Å². The van der Waals surface area contributed by atoms with Crippen molar-refractivity contribution < 1.29 is 24.2 Å². The van der Waals surface area contributed by atoms with Crippen molar-refractivity contribution in [1.29, 1.82) is 0 Å². The number of ether oxygens (including phenoxy) is 2. The van der Waals surface area contributed by atoms with Gasteiger partial charge < -0.3 is 14.6 Å². The molecule has 182 valence electrons. The van der Waals surface area contributed by atoms with Crippen LogP contribution in [0, 0.1) is 0 Å². The summed E-state index contributed by atoms with van der Waals surface area (Å²) in [4.78, 5) is 16.4. The second kappa shape index (κ2) is 12.0. The van der Waals surface area contributed by atoms with Gasteiger partial charge in [0.25, 0.3) is 0 Å². The first-order valence-electron chi connectivity index (χ1n) is 11.3. The highest BCUT2D eigenvalue weighted by Crippen LogP contribution is 2.33. The Hall–Kier alpha value is -2.51. The lowest BCUT2D eigenvalue weighted by Gasteiger charge is -2.30. The summed E-state index contributed by atoms with van der Waals surface area (Å²) in [6.07, 6.45) is 1.57. The third-order valence-electron chi connectivity index (χ3n) is 5.57. The molecular weight excluding hydrogens is 507 g/mol. The third-order valence-corrected chi connectivity index (χ3v) is 7.15. The Morgan fingerprint density at radius 1 is 1.20 bits per heavy atom. The van der Waals surface area contributed by atoms with Gasteiger partial charge in [0.05, 0.1) is 27.9 Å². The molecule has 0 bridgehead atoms. The molecule has 1 amide bonds. The van der Waals surface area contributed by atoms with E-state index < -0.39 is 18.1 Å². The summed E-state index contributed by atoms with van der Waals surface area (Å²) in [5.41, 5.74) is 3.01. The van der Waals surface area contributed by atoms with E-state index in [0.29, 0.717) is 40.1 Å². The van der Waals surface area contributed by atoms with Crippen LogP contribution in [0.25, 0.3) is 0 Å². The number of hydrogen-bond donors (Lipinski definition) is 1. The van der Waals surface area contributed by atoms with E-state index >= 15 is 0 Å². The lowest BCUT2D eigenvalue weighted by Crippen LogP contribution is -2.32. The van der Waals surface area contributed by atoms with Crippen LogP contribution in [-0.4, -0.2) is 40.8 Å². The Labute approximate surface area is 217 Å². The Morgan fingerprint density at radius 3 is 2.71 bits per heavy atom. The molecule has 2 aromatic carbocycles. The molecular formula is C26H25Cl2N2O4S+. The minimum absolute atomic E-state index is 0.335. The van der Waals surface area contributed by atoms with Crippen LogP contribution in [0.4, 0.5) is 0 Å². The predicted molar refractivity (Wildman–Crippen MR) is 137 cm³/mol. The molecule has 6 nitrogen and oxygen atoms in total. The van der Waals surface area contributed by atoms with E-state index in [4.69, 9.17) is 32.7 Å². The van der Waals surface area contributed by atoms with Gasteiger partial charge in [-0.3, -0.25) is 4.79 Å². The molecule has 1 aliphatic rings. The SMILES string of the molecule is CCOc1ccc(Cc2cc(C3CC(O)CC(C=[N+]=NC(=O)c4ccc(Cl)s4)O3)ccc2Cl)cc1. The Morgan fingerprint density at radius 2 is 2.00 bits per heavy atom. The zero-order valence-electron chi connectivity index (χ0n) is 19.1. The van der Waals surface area contributed by atoms with Crippen molar-refractivity contribution in [3.05, 3.63) is 85.5 Å². The summed E-state index contributed by atoms with van der Waals surface area (Å²) in [6.45, 7) is 2.58. The van der Waals surface area contributed by atoms with E-state index in [0.717, 1.165) is 33.8 Å². The molecule has 4 rings (SSSR count). The number of rotatable bonds is 7. The number of hydrogen-bond acceptors (Lipinski definition) is 5. The summed E-state index contributed by atoms with van der Waals surface area (Å²) in [7, 11) is 0. The number of aliphatic hydroxyl groups is 1. The van der Waals surface area contributed by atoms with Crippen LogP contribution in [0.15, 0.2) is 59.7 Å². The van der Waals surface area contributed by atoms with Gasteiger partial charge in [-0.1, -0.05) is 47.5 Å². The predicted octanol–water partition coefficient (Wildman–Crippen LogP) is 6.20. The van der Waals surface area contributed by atoms with Gasteiger partial charge in [-0.15, -0.1) is 11.3 Å². The molecule has 1 aliphatic heterocycles. The number of nitrogens with zero attached hydrogens (tertiary/aromatic N) is 2. The van der Waals surface area contributed by atoms with Gasteiger partial charge in [0.2, 0.25) is 0 Å². The van der Waals surface area contributed by atoms with E-state index in [2.05, 4.69) is 9.90 Å². The van der Waals surface area contributed by atoms with Crippen molar-refractivity contribution in [1.82, 2.24) is 0 Å². The van der Waals surface area contributed by atoms with Crippen LogP contribution >= 0.6 is 34.5 Å². The number of halogens is 2. The Kier molecular flexibility index (Phi) is 8.74. The van der Waals surface area contributed by atoms with Crippen molar-refractivity contribution in [3.63, 3.8) is 0 Å². The van der Waals surface area contributed by atoms with Crippen molar-refractivity contribution in [3.8, 4) is 5.75 Å². The third kappa shape index (κ3) is 7.01. The Bertz CT molecular complexity index is 1240. The zero-order chi connectivity index (χ0) is 24.8. The quantitative estimate of drug-likeness (QED) is 0.223. The number of benzene rings is 2. The standard InChI is InChI=1S/C26H25Cl2N2O4S/c1-2-33-20-6-3-16(4-7-20)11-18-12-17(5-8-22(18)27)23-14-19(31)13-21(34-23)15-29-30-26(32)24-9-10-25(28)35-24/h3-10,12,15,19,21,23,31H,2,11,13-14H2,1H3/q+1. The first-order valence-corrected chi connectivity index (χ1v) is 12.9. The molecule has 1 N–H and O–H groups in total. The molecule has 1 aromatic heterocycles. The average Bonchev–Trinajstić information content (AvgIpc) is 3.28. The van der Waals surface area contributed by atoms with Gasteiger partial charge in [0.15, 0.2) is 11.2 Å². The molecule has 2 heterocycles. The molecule has 0 spiro atoms. The molecule has 3 aromatic rings. The second-order valence-electron chi connectivity index (χ2n) is 8.17. The summed E-state index contributed by atoms with van der Waals surface area (Å²) in [6, 6.07) is 17.0. The van der Waals surface area contributed by atoms with E-state index in [1.807, 2.05) is 49.4 Å². The topological polar surface area (TPSA) is 82.2 Å². The van der Waals surface area contributed by atoms with Crippen LogP contribution < -0.4 is 4.74 Å². The van der Waals surface area contributed by atoms with E-state index in [1.54, 1.807) is 12.1 Å². The fourth-order valence-electron chi connectivity index (χ4n) is 3.90. The molecule has 3 unspecified atom stereocenters. The molecule has 3 atom stereocenters. The molecule has 0 aliphatic carbocycles. The minimum Gasteiger partial charge on any atom is -0.494 e. The fourth-order valence-corrected chi connectivity index (χ4v) is 5.01. The van der Waals surface area contributed by atoms with Gasteiger partial charge in [-0.25, -0.2) is 0 Å². The largest absolute Gasteiger partial charge is 0.494 e. The number of amides is 1. The van der Waals surface area contributed by atoms with Crippen molar-refractivity contribution >= 4 is 46.7 Å². The molecule has 1 fully saturated rings. The maximum Gasteiger partial charge on any atom is 0.367 e. The Balaban J connectivity index is 1.46. The molecule has 0 saturated carbocycles. The van der Waals surface area contributed by atoms with Crippen LogP contribution in [0.5, 0.6) is 5.75 Å². The molecule has 1 saturated heterocycles. The molecule has 0 radical (unpaired) electrons. The summed E-state index contributed by atoms with van der Waals surface area (Å²) >= 11 is 13.5. The van der Waals surface area contributed by atoms with E-state index in [9.17, 15) is 9.90 Å². The first kappa shape index (κ1) is 25.6. The number of thiophene rings is 1. The fraction of sp³-hybridized carbons (Fsp3) is 0.308. The summed E-state index contributed by atoms with van der Waals surface area (Å²) in [5.74, 6) is 0.365. The lowest BCUT2D eigenvalue weighted by molar-refractivity contribution is -0.113. The second-order valence-corrected chi connectivity index (χ2v) is 10.3. The number of aliphatic hydroxyl groups excluding tert-OH is 1. The highest BCUT2D eigenvalue weighted by Gasteiger charge is 2.31. The normalized spacial score (nSPS) is 19.6. The van der Waals surface area contributed by atoms with Gasteiger partial charge >= 0.3 is 12.1 Å². The van der Waals surface area contributed by atoms with Gasteiger partial charge in [0, 0.05) is 17.9 Å². The molecule has 35 heavy (non-hydrogen) atoms. The van der Waals surface area contributed by atoms with Crippen LogP contribution in [0.2, 0.25) is 9.36 Å². The smallest absolute Gasteiger partial charge is 0.367 e. The van der Waals surface area contributed by atoms with Gasteiger partial charge in [-0.05, 0) is 60.4 Å².